The monoisotopic (exact) mass is 332 g/mol. The standard InChI is InChI=1S/C14H16N6O2S/c1-9-17-14-11(5-3-7-20(14)18-9)19-23(21,22)12-8-16-13-10(12)4-2-6-15-13/h2,4,6,8,11,19H,3,5,7H2,1H3,(H,15,16). The van der Waals surface area contributed by atoms with Crippen LogP contribution >= 0.6 is 0 Å². The van der Waals surface area contributed by atoms with Crippen LogP contribution in [0.1, 0.15) is 30.5 Å². The molecule has 120 valence electrons. The van der Waals surface area contributed by atoms with Crippen LogP contribution in [0.3, 0.4) is 0 Å². The number of hydrogen-bond donors (Lipinski definition) is 2. The molecule has 9 heteroatoms. The van der Waals surface area contributed by atoms with Crippen molar-refractivity contribution in [2.45, 2.75) is 37.2 Å². The van der Waals surface area contributed by atoms with Crippen molar-refractivity contribution in [3.63, 3.8) is 0 Å². The zero-order valence-electron chi connectivity index (χ0n) is 12.5. The van der Waals surface area contributed by atoms with E-state index in [0.29, 0.717) is 29.1 Å². The van der Waals surface area contributed by atoms with Gasteiger partial charge in [0.15, 0.2) is 0 Å². The highest BCUT2D eigenvalue weighted by atomic mass is 32.2. The second-order valence-electron chi connectivity index (χ2n) is 5.61. The number of nitrogens with one attached hydrogen (secondary N) is 2. The number of pyridine rings is 1. The Morgan fingerprint density at radius 1 is 1.43 bits per heavy atom. The lowest BCUT2D eigenvalue weighted by molar-refractivity contribution is 0.400. The van der Waals surface area contributed by atoms with Gasteiger partial charge in [-0.25, -0.2) is 27.8 Å². The largest absolute Gasteiger partial charge is 0.345 e. The Balaban J connectivity index is 1.71. The summed E-state index contributed by atoms with van der Waals surface area (Å²) in [6.07, 6.45) is 4.66. The van der Waals surface area contributed by atoms with Crippen molar-refractivity contribution in [3.8, 4) is 0 Å². The molecule has 1 aliphatic heterocycles. The number of aryl methyl sites for hydroxylation is 2. The number of H-pyrrole nitrogens is 1. The van der Waals surface area contributed by atoms with E-state index >= 15 is 0 Å². The average Bonchev–Trinajstić information content (AvgIpc) is 3.10. The van der Waals surface area contributed by atoms with Gasteiger partial charge in [0.1, 0.15) is 22.2 Å². The SMILES string of the molecule is Cc1nc2n(n1)CCCC2NS(=O)(=O)c1c[nH]c2ncccc12. The normalized spacial score (nSPS) is 18.2. The number of aromatic nitrogens is 5. The van der Waals surface area contributed by atoms with Gasteiger partial charge in [0, 0.05) is 24.3 Å². The van der Waals surface area contributed by atoms with E-state index in [1.54, 1.807) is 23.0 Å². The first-order valence-electron chi connectivity index (χ1n) is 7.40. The number of nitrogens with zero attached hydrogens (tertiary/aromatic N) is 4. The summed E-state index contributed by atoms with van der Waals surface area (Å²) in [5, 5.41) is 4.88. The van der Waals surface area contributed by atoms with E-state index in [1.807, 2.05) is 6.92 Å². The number of sulfonamides is 1. The second-order valence-corrected chi connectivity index (χ2v) is 7.29. The van der Waals surface area contributed by atoms with Crippen molar-refractivity contribution >= 4 is 21.1 Å². The summed E-state index contributed by atoms with van der Waals surface area (Å²) in [6.45, 7) is 2.58. The fraction of sp³-hybridized carbons (Fsp3) is 0.357. The van der Waals surface area contributed by atoms with Crippen LogP contribution in [-0.2, 0) is 16.6 Å². The van der Waals surface area contributed by atoms with E-state index in [1.165, 1.54) is 6.20 Å². The maximum absolute atomic E-state index is 12.8. The third-order valence-electron chi connectivity index (χ3n) is 3.98. The molecule has 3 aromatic heterocycles. The van der Waals surface area contributed by atoms with E-state index < -0.39 is 10.0 Å². The van der Waals surface area contributed by atoms with E-state index in [9.17, 15) is 8.42 Å². The van der Waals surface area contributed by atoms with Crippen LogP contribution in [0.15, 0.2) is 29.4 Å². The first-order valence-corrected chi connectivity index (χ1v) is 8.89. The van der Waals surface area contributed by atoms with Crippen LogP contribution in [0.25, 0.3) is 11.0 Å². The van der Waals surface area contributed by atoms with Crippen molar-refractivity contribution in [1.82, 2.24) is 29.5 Å². The van der Waals surface area contributed by atoms with Crippen LogP contribution in [0.5, 0.6) is 0 Å². The molecule has 0 spiro atoms. The summed E-state index contributed by atoms with van der Waals surface area (Å²) in [4.78, 5) is 11.6. The molecule has 0 bridgehead atoms. The quantitative estimate of drug-likeness (QED) is 0.751. The van der Waals surface area contributed by atoms with Gasteiger partial charge in [-0.1, -0.05) is 0 Å². The van der Waals surface area contributed by atoms with Gasteiger partial charge in [0.05, 0.1) is 6.04 Å². The van der Waals surface area contributed by atoms with Gasteiger partial charge in [0.25, 0.3) is 0 Å². The van der Waals surface area contributed by atoms with Gasteiger partial charge in [-0.2, -0.15) is 5.10 Å². The molecule has 1 aliphatic rings. The molecule has 4 rings (SSSR count). The molecule has 1 unspecified atom stereocenters. The highest BCUT2D eigenvalue weighted by Gasteiger charge is 2.29. The number of aromatic amines is 1. The molecule has 2 N–H and O–H groups in total. The fourth-order valence-electron chi connectivity index (χ4n) is 2.98. The Labute approximate surface area is 133 Å². The highest BCUT2D eigenvalue weighted by molar-refractivity contribution is 7.89. The minimum atomic E-state index is -3.68. The van der Waals surface area contributed by atoms with Gasteiger partial charge < -0.3 is 4.98 Å². The molecular formula is C14H16N6O2S. The summed E-state index contributed by atoms with van der Waals surface area (Å²) < 4.78 is 30.1. The minimum Gasteiger partial charge on any atom is -0.345 e. The topological polar surface area (TPSA) is 106 Å². The molecule has 0 aromatic carbocycles. The predicted molar refractivity (Wildman–Crippen MR) is 83.1 cm³/mol. The molecule has 4 heterocycles. The maximum atomic E-state index is 12.8. The summed E-state index contributed by atoms with van der Waals surface area (Å²) >= 11 is 0. The van der Waals surface area contributed by atoms with Crippen molar-refractivity contribution in [1.29, 1.82) is 0 Å². The minimum absolute atomic E-state index is 0.203. The smallest absolute Gasteiger partial charge is 0.243 e. The molecule has 8 nitrogen and oxygen atoms in total. The maximum Gasteiger partial charge on any atom is 0.243 e. The molecule has 0 saturated carbocycles. The average molecular weight is 332 g/mol. The first-order chi connectivity index (χ1) is 11.0. The van der Waals surface area contributed by atoms with Gasteiger partial charge in [0.2, 0.25) is 10.0 Å². The molecule has 3 aromatic rings. The predicted octanol–water partition coefficient (Wildman–Crippen LogP) is 1.28. The Hall–Kier alpha value is -2.26. The van der Waals surface area contributed by atoms with Gasteiger partial charge in [-0.15, -0.1) is 0 Å². The van der Waals surface area contributed by atoms with E-state index in [-0.39, 0.29) is 10.9 Å². The zero-order chi connectivity index (χ0) is 16.0. The molecule has 1 atom stereocenters. The summed E-state index contributed by atoms with van der Waals surface area (Å²) in [7, 11) is -3.68. The lowest BCUT2D eigenvalue weighted by Gasteiger charge is -2.22. The number of rotatable bonds is 3. The van der Waals surface area contributed by atoms with E-state index in [0.717, 1.165) is 13.0 Å². The van der Waals surface area contributed by atoms with Crippen LogP contribution in [0.2, 0.25) is 0 Å². The molecule has 0 amide bonds. The lowest BCUT2D eigenvalue weighted by atomic mass is 10.1. The van der Waals surface area contributed by atoms with Crippen molar-refractivity contribution < 1.29 is 8.42 Å². The van der Waals surface area contributed by atoms with Crippen molar-refractivity contribution in [2.75, 3.05) is 0 Å². The van der Waals surface area contributed by atoms with Gasteiger partial charge in [-0.3, -0.25) is 0 Å². The molecule has 0 radical (unpaired) electrons. The molecule has 0 saturated heterocycles. The summed E-state index contributed by atoms with van der Waals surface area (Å²) in [5.41, 5.74) is 0.551. The fourth-order valence-corrected chi connectivity index (χ4v) is 4.38. The Morgan fingerprint density at radius 2 is 2.30 bits per heavy atom. The Morgan fingerprint density at radius 3 is 3.17 bits per heavy atom. The summed E-state index contributed by atoms with van der Waals surface area (Å²) in [5.74, 6) is 1.33. The summed E-state index contributed by atoms with van der Waals surface area (Å²) in [6, 6.07) is 3.09. The number of hydrogen-bond acceptors (Lipinski definition) is 5. The highest BCUT2D eigenvalue weighted by Crippen LogP contribution is 2.27. The van der Waals surface area contributed by atoms with Crippen LogP contribution < -0.4 is 4.72 Å². The number of fused-ring (bicyclic) bond motifs is 2. The van der Waals surface area contributed by atoms with Crippen LogP contribution in [-0.4, -0.2) is 33.2 Å². The first kappa shape index (κ1) is 14.3. The van der Waals surface area contributed by atoms with E-state index in [2.05, 4.69) is 24.8 Å². The molecule has 0 fully saturated rings. The van der Waals surface area contributed by atoms with Crippen molar-refractivity contribution in [2.24, 2.45) is 0 Å². The van der Waals surface area contributed by atoms with E-state index in [4.69, 9.17) is 0 Å². The zero-order valence-corrected chi connectivity index (χ0v) is 13.3. The lowest BCUT2D eigenvalue weighted by Crippen LogP contribution is -2.33. The Bertz CT molecular complexity index is 974. The van der Waals surface area contributed by atoms with Crippen molar-refractivity contribution in [3.05, 3.63) is 36.2 Å². The Kier molecular flexibility index (Phi) is 3.20. The second kappa shape index (κ2) is 5.14. The van der Waals surface area contributed by atoms with Gasteiger partial charge in [-0.05, 0) is 31.9 Å². The van der Waals surface area contributed by atoms with Crippen LogP contribution in [0, 0.1) is 6.92 Å². The third-order valence-corrected chi connectivity index (χ3v) is 5.49. The molecular weight excluding hydrogens is 316 g/mol. The molecule has 23 heavy (non-hydrogen) atoms. The molecule has 0 aliphatic carbocycles. The van der Waals surface area contributed by atoms with Gasteiger partial charge >= 0.3 is 0 Å². The third kappa shape index (κ3) is 2.41. The van der Waals surface area contributed by atoms with Crippen LogP contribution in [0.4, 0.5) is 0 Å².